The molecule has 0 heterocycles. The minimum absolute atomic E-state index is 0. The summed E-state index contributed by atoms with van der Waals surface area (Å²) >= 11 is 0. The maximum absolute atomic E-state index is 5.36. The summed E-state index contributed by atoms with van der Waals surface area (Å²) in [5.74, 6) is 0. The number of benzene rings is 2. The Bertz CT molecular complexity index is 1190. The third-order valence-corrected chi connectivity index (χ3v) is 9.28. The summed E-state index contributed by atoms with van der Waals surface area (Å²) in [5.41, 5.74) is 10.2. The third kappa shape index (κ3) is 18.3. The van der Waals surface area contributed by atoms with Crippen molar-refractivity contribution < 1.29 is 20.4 Å². The van der Waals surface area contributed by atoms with E-state index in [1.165, 1.54) is 106 Å². The standard InChI is InChI=1S/C45H72N2.Pd/c1-7-13-15-16-17-18-19-20-21-22-23-24-25-31-45(47-43-35-33-39(27-10-4)41(37-43)29-12-6)44(30-14-8-2)46-42-34-32-38(26-9-3)40(36-42)28-11-5;/h25,31-37H,7-24,26-30H2,1-6H3;/b31-25+,46-44?,47-45?;. The molecule has 0 amide bonds. The van der Waals surface area contributed by atoms with Gasteiger partial charge in [0.05, 0.1) is 22.8 Å². The first-order chi connectivity index (χ1) is 23.1. The van der Waals surface area contributed by atoms with Gasteiger partial charge in [-0.25, -0.2) is 4.99 Å². The van der Waals surface area contributed by atoms with E-state index in [0.717, 1.165) is 87.0 Å². The van der Waals surface area contributed by atoms with Crippen molar-refractivity contribution in [3.05, 3.63) is 70.8 Å². The maximum Gasteiger partial charge on any atom is 0.0848 e. The summed E-state index contributed by atoms with van der Waals surface area (Å²) in [7, 11) is 0. The molecular formula is C45H72N2Pd. The minimum atomic E-state index is 0. The topological polar surface area (TPSA) is 24.7 Å². The maximum atomic E-state index is 5.36. The summed E-state index contributed by atoms with van der Waals surface area (Å²) in [6.07, 6.45) is 33.4. The van der Waals surface area contributed by atoms with Crippen LogP contribution in [0.2, 0.25) is 0 Å². The van der Waals surface area contributed by atoms with Crippen LogP contribution < -0.4 is 0 Å². The molecule has 0 N–H and O–H groups in total. The molecule has 2 aromatic carbocycles. The van der Waals surface area contributed by atoms with Crippen molar-refractivity contribution in [2.45, 2.75) is 189 Å². The molecule has 0 aliphatic carbocycles. The van der Waals surface area contributed by atoms with E-state index in [2.05, 4.69) is 90.1 Å². The van der Waals surface area contributed by atoms with E-state index in [1.807, 2.05) is 0 Å². The van der Waals surface area contributed by atoms with Gasteiger partial charge in [0, 0.05) is 20.4 Å². The summed E-state index contributed by atoms with van der Waals surface area (Å²) in [6, 6.07) is 13.8. The Morgan fingerprint density at radius 2 is 0.917 bits per heavy atom. The molecule has 48 heavy (non-hydrogen) atoms. The SMILES string of the molecule is CCCCCCCCCCCCC/C=C/C(=Nc1ccc(CCC)c(CCC)c1)C(CCCC)=Nc1ccc(CCC)c(CCC)c1.[Pd]. The molecule has 272 valence electrons. The Balaban J connectivity index is 0.0000115. The van der Waals surface area contributed by atoms with Crippen molar-refractivity contribution in [2.75, 3.05) is 0 Å². The van der Waals surface area contributed by atoms with Gasteiger partial charge >= 0.3 is 0 Å². The van der Waals surface area contributed by atoms with Crippen LogP contribution in [0.4, 0.5) is 11.4 Å². The largest absolute Gasteiger partial charge is 0.251 e. The molecule has 0 atom stereocenters. The molecule has 0 bridgehead atoms. The molecule has 2 rings (SSSR count). The molecule has 0 unspecified atom stereocenters. The second kappa shape index (κ2) is 29.0. The smallest absolute Gasteiger partial charge is 0.0848 e. The van der Waals surface area contributed by atoms with Crippen molar-refractivity contribution in [1.29, 1.82) is 0 Å². The molecule has 2 aromatic rings. The Morgan fingerprint density at radius 1 is 0.479 bits per heavy atom. The number of rotatable bonds is 27. The molecule has 3 heteroatoms. The summed E-state index contributed by atoms with van der Waals surface area (Å²) < 4.78 is 0. The molecule has 0 spiro atoms. The normalized spacial score (nSPS) is 12.2. The van der Waals surface area contributed by atoms with Gasteiger partial charge in [-0.05, 0) is 104 Å². The number of nitrogens with zero attached hydrogens (tertiary/aromatic N) is 2. The molecule has 2 nitrogen and oxygen atoms in total. The third-order valence-electron chi connectivity index (χ3n) is 9.28. The molecular weight excluding hydrogens is 675 g/mol. The molecule has 0 radical (unpaired) electrons. The van der Waals surface area contributed by atoms with Gasteiger partial charge in [-0.1, -0.05) is 156 Å². The Labute approximate surface area is 311 Å². The van der Waals surface area contributed by atoms with Crippen LogP contribution in [0.15, 0.2) is 58.5 Å². The van der Waals surface area contributed by atoms with E-state index >= 15 is 0 Å². The van der Waals surface area contributed by atoms with Crippen LogP contribution in [-0.2, 0) is 46.1 Å². The Morgan fingerprint density at radius 3 is 1.40 bits per heavy atom. The van der Waals surface area contributed by atoms with E-state index < -0.39 is 0 Å². The molecule has 0 aliphatic heterocycles. The van der Waals surface area contributed by atoms with Gasteiger partial charge in [0.2, 0.25) is 0 Å². The summed E-state index contributed by atoms with van der Waals surface area (Å²) in [6.45, 7) is 13.7. The number of hydrogen-bond acceptors (Lipinski definition) is 2. The molecule has 0 saturated carbocycles. The molecule has 0 aromatic heterocycles. The number of aryl methyl sites for hydroxylation is 4. The minimum Gasteiger partial charge on any atom is -0.251 e. The van der Waals surface area contributed by atoms with E-state index in [9.17, 15) is 0 Å². The summed E-state index contributed by atoms with van der Waals surface area (Å²) in [4.78, 5) is 10.7. The van der Waals surface area contributed by atoms with Crippen molar-refractivity contribution in [3.8, 4) is 0 Å². The van der Waals surface area contributed by atoms with Crippen LogP contribution in [0.25, 0.3) is 0 Å². The predicted molar refractivity (Wildman–Crippen MR) is 213 cm³/mol. The number of unbranched alkanes of at least 4 members (excludes halogenated alkanes) is 12. The van der Waals surface area contributed by atoms with Gasteiger partial charge in [-0.2, -0.15) is 0 Å². The Kier molecular flexibility index (Phi) is 26.7. The van der Waals surface area contributed by atoms with Crippen molar-refractivity contribution in [3.63, 3.8) is 0 Å². The van der Waals surface area contributed by atoms with Crippen LogP contribution in [0.5, 0.6) is 0 Å². The van der Waals surface area contributed by atoms with Gasteiger partial charge in [0.1, 0.15) is 0 Å². The number of hydrogen-bond donors (Lipinski definition) is 0. The van der Waals surface area contributed by atoms with Crippen LogP contribution >= 0.6 is 0 Å². The molecule has 0 aliphatic rings. The van der Waals surface area contributed by atoms with E-state index in [4.69, 9.17) is 9.98 Å². The number of aliphatic imine (C=N–C) groups is 2. The first kappa shape index (κ1) is 44.2. The Hall–Kier alpha value is -1.82. The first-order valence-corrected chi connectivity index (χ1v) is 20.2. The average Bonchev–Trinajstić information content (AvgIpc) is 3.07. The second-order valence-corrected chi connectivity index (χ2v) is 13.8. The van der Waals surface area contributed by atoms with Crippen molar-refractivity contribution in [1.82, 2.24) is 0 Å². The van der Waals surface area contributed by atoms with Crippen LogP contribution in [-0.4, -0.2) is 11.4 Å². The first-order valence-electron chi connectivity index (χ1n) is 20.2. The second-order valence-electron chi connectivity index (χ2n) is 13.8. The molecule has 0 saturated heterocycles. The fourth-order valence-corrected chi connectivity index (χ4v) is 6.59. The van der Waals surface area contributed by atoms with Gasteiger partial charge in [0.25, 0.3) is 0 Å². The zero-order chi connectivity index (χ0) is 34.0. The van der Waals surface area contributed by atoms with E-state index in [-0.39, 0.29) is 20.4 Å². The average molecular weight is 748 g/mol. The van der Waals surface area contributed by atoms with Gasteiger partial charge < -0.3 is 0 Å². The quantitative estimate of drug-likeness (QED) is 0.0494. The van der Waals surface area contributed by atoms with E-state index in [0.29, 0.717) is 0 Å². The zero-order valence-corrected chi connectivity index (χ0v) is 33.6. The van der Waals surface area contributed by atoms with Gasteiger partial charge in [0.15, 0.2) is 0 Å². The van der Waals surface area contributed by atoms with Crippen LogP contribution in [0.1, 0.15) is 186 Å². The van der Waals surface area contributed by atoms with Gasteiger partial charge in [-0.15, -0.1) is 0 Å². The van der Waals surface area contributed by atoms with E-state index in [1.54, 1.807) is 0 Å². The molecule has 0 fully saturated rings. The van der Waals surface area contributed by atoms with Crippen molar-refractivity contribution >= 4 is 22.8 Å². The predicted octanol–water partition coefficient (Wildman–Crippen LogP) is 14.8. The fourth-order valence-electron chi connectivity index (χ4n) is 6.59. The zero-order valence-electron chi connectivity index (χ0n) is 32.1. The summed E-state index contributed by atoms with van der Waals surface area (Å²) in [5, 5.41) is 0. The van der Waals surface area contributed by atoms with Crippen molar-refractivity contribution in [2.24, 2.45) is 9.98 Å². The van der Waals surface area contributed by atoms with Gasteiger partial charge in [-0.3, -0.25) is 4.99 Å². The van der Waals surface area contributed by atoms with Crippen LogP contribution in [0, 0.1) is 0 Å². The van der Waals surface area contributed by atoms with Crippen LogP contribution in [0.3, 0.4) is 0 Å². The number of allylic oxidation sites excluding steroid dienone is 2. The fraction of sp³-hybridized carbons (Fsp3) is 0.644. The monoisotopic (exact) mass is 746 g/mol.